The Morgan fingerprint density at radius 3 is 2.70 bits per heavy atom. The number of halogens is 1. The largest absolute Gasteiger partial charge is 0.483 e. The quantitative estimate of drug-likeness (QED) is 0.610. The summed E-state index contributed by atoms with van der Waals surface area (Å²) in [6, 6.07) is 4.58. The lowest BCUT2D eigenvalue weighted by atomic mass is 10.1. The van der Waals surface area contributed by atoms with Crippen LogP contribution in [0.4, 0.5) is 5.69 Å². The van der Waals surface area contributed by atoms with Gasteiger partial charge in [-0.05, 0) is 42.8 Å². The van der Waals surface area contributed by atoms with Gasteiger partial charge in [-0.15, -0.1) is 0 Å². The number of nitro groups is 1. The molecule has 0 fully saturated rings. The van der Waals surface area contributed by atoms with Crippen molar-refractivity contribution in [2.75, 3.05) is 13.2 Å². The van der Waals surface area contributed by atoms with Crippen molar-refractivity contribution >= 4 is 21.6 Å². The van der Waals surface area contributed by atoms with Crippen LogP contribution < -0.4 is 10.1 Å². The number of para-hydroxylation sites is 1. The van der Waals surface area contributed by atoms with Gasteiger partial charge < -0.3 is 15.2 Å². The summed E-state index contributed by atoms with van der Waals surface area (Å²) in [5.41, 5.74) is -0.240. The van der Waals surface area contributed by atoms with Gasteiger partial charge in [0.15, 0.2) is 0 Å². The topological polar surface area (TPSA) is 84.6 Å². The molecule has 1 aromatic carbocycles. The highest BCUT2D eigenvalue weighted by Crippen LogP contribution is 2.34. The second kappa shape index (κ2) is 7.01. The van der Waals surface area contributed by atoms with Gasteiger partial charge in [0.05, 0.1) is 9.40 Å². The molecule has 0 saturated carbocycles. The summed E-state index contributed by atoms with van der Waals surface area (Å²) < 4.78 is 5.87. The number of nitrogens with one attached hydrogen (secondary N) is 1. The predicted octanol–water partition coefficient (Wildman–Crippen LogP) is 2.49. The van der Waals surface area contributed by atoms with Crippen molar-refractivity contribution in [3.05, 3.63) is 32.8 Å². The zero-order valence-corrected chi connectivity index (χ0v) is 13.3. The van der Waals surface area contributed by atoms with Crippen LogP contribution in [-0.4, -0.2) is 34.8 Å². The maximum Gasteiger partial charge on any atom is 0.312 e. The Morgan fingerprint density at radius 1 is 1.50 bits per heavy atom. The van der Waals surface area contributed by atoms with Crippen molar-refractivity contribution in [1.82, 2.24) is 5.32 Å². The second-order valence-corrected chi connectivity index (χ2v) is 6.30. The van der Waals surface area contributed by atoms with E-state index in [2.05, 4.69) is 21.2 Å². The molecule has 1 atom stereocenters. The number of aliphatic hydroxyl groups is 1. The predicted molar refractivity (Wildman–Crippen MR) is 80.1 cm³/mol. The number of hydrogen-bond donors (Lipinski definition) is 2. The Bertz CT molecular complexity index is 474. The highest BCUT2D eigenvalue weighted by molar-refractivity contribution is 9.10. The lowest BCUT2D eigenvalue weighted by molar-refractivity contribution is -0.386. The lowest BCUT2D eigenvalue weighted by Crippen LogP contribution is -2.42. The van der Waals surface area contributed by atoms with Crippen LogP contribution in [0.5, 0.6) is 5.75 Å². The van der Waals surface area contributed by atoms with Crippen LogP contribution in [0.1, 0.15) is 20.8 Å². The standard InChI is InChI=1S/C13H19BrN2O4/c1-13(2,3)15-7-9(17)8-20-12-10(14)5-4-6-11(12)16(18)19/h4-6,9,15,17H,7-8H2,1-3H3. The average molecular weight is 347 g/mol. The molecule has 0 aromatic heterocycles. The molecule has 6 nitrogen and oxygen atoms in total. The maximum absolute atomic E-state index is 10.9. The molecule has 0 amide bonds. The van der Waals surface area contributed by atoms with Crippen LogP contribution in [-0.2, 0) is 0 Å². The molecule has 0 heterocycles. The highest BCUT2D eigenvalue weighted by Gasteiger charge is 2.19. The average Bonchev–Trinajstić information content (AvgIpc) is 2.33. The maximum atomic E-state index is 10.9. The zero-order valence-electron chi connectivity index (χ0n) is 11.7. The Morgan fingerprint density at radius 2 is 2.15 bits per heavy atom. The molecule has 112 valence electrons. The molecule has 1 aromatic rings. The summed E-state index contributed by atoms with van der Waals surface area (Å²) in [4.78, 5) is 10.4. The lowest BCUT2D eigenvalue weighted by Gasteiger charge is -2.23. The molecule has 20 heavy (non-hydrogen) atoms. The molecule has 0 bridgehead atoms. The molecule has 1 unspecified atom stereocenters. The van der Waals surface area contributed by atoms with E-state index in [1.165, 1.54) is 6.07 Å². The molecule has 0 radical (unpaired) electrons. The fourth-order valence-corrected chi connectivity index (χ4v) is 1.92. The minimum absolute atomic E-state index is 0.0213. The number of β-amino-alcohol motifs (C(OH)–C–C–N with tert-alkyl or cyclic N) is 1. The first kappa shape index (κ1) is 16.9. The first-order valence-corrected chi connectivity index (χ1v) is 6.99. The Kier molecular flexibility index (Phi) is 5.91. The molecule has 0 aliphatic rings. The number of nitro benzene ring substituents is 1. The van der Waals surface area contributed by atoms with Gasteiger partial charge in [-0.25, -0.2) is 0 Å². The van der Waals surface area contributed by atoms with Crippen molar-refractivity contribution in [3.8, 4) is 5.75 Å². The van der Waals surface area contributed by atoms with E-state index < -0.39 is 11.0 Å². The summed E-state index contributed by atoms with van der Waals surface area (Å²) in [6.45, 7) is 6.28. The van der Waals surface area contributed by atoms with Crippen molar-refractivity contribution in [2.45, 2.75) is 32.4 Å². The smallest absolute Gasteiger partial charge is 0.312 e. The van der Waals surface area contributed by atoms with Gasteiger partial charge in [-0.1, -0.05) is 6.07 Å². The van der Waals surface area contributed by atoms with Gasteiger partial charge >= 0.3 is 5.69 Å². The van der Waals surface area contributed by atoms with Crippen LogP contribution in [0.15, 0.2) is 22.7 Å². The first-order chi connectivity index (χ1) is 9.20. The number of nitrogens with zero attached hydrogens (tertiary/aromatic N) is 1. The number of aliphatic hydroxyl groups excluding tert-OH is 1. The molecule has 0 aliphatic carbocycles. The number of ether oxygens (including phenoxy) is 1. The van der Waals surface area contributed by atoms with E-state index in [1.807, 2.05) is 20.8 Å². The van der Waals surface area contributed by atoms with Crippen LogP contribution in [0.25, 0.3) is 0 Å². The van der Waals surface area contributed by atoms with Crippen LogP contribution in [0.3, 0.4) is 0 Å². The first-order valence-electron chi connectivity index (χ1n) is 6.19. The van der Waals surface area contributed by atoms with E-state index in [0.29, 0.717) is 11.0 Å². The van der Waals surface area contributed by atoms with Crippen LogP contribution in [0, 0.1) is 10.1 Å². The molecule has 7 heteroatoms. The molecule has 0 saturated heterocycles. The normalized spacial score (nSPS) is 13.1. The molecule has 0 spiro atoms. The number of hydrogen-bond acceptors (Lipinski definition) is 5. The minimum atomic E-state index is -0.749. The number of rotatable bonds is 6. The molecule has 1 rings (SSSR count). The van der Waals surface area contributed by atoms with E-state index >= 15 is 0 Å². The summed E-state index contributed by atoms with van der Waals surface area (Å²) in [5.74, 6) is 0.132. The van der Waals surface area contributed by atoms with Crippen LogP contribution in [0.2, 0.25) is 0 Å². The van der Waals surface area contributed by atoms with Crippen LogP contribution >= 0.6 is 15.9 Å². The van der Waals surface area contributed by atoms with Gasteiger partial charge in [-0.3, -0.25) is 10.1 Å². The van der Waals surface area contributed by atoms with E-state index in [4.69, 9.17) is 4.74 Å². The van der Waals surface area contributed by atoms with E-state index in [0.717, 1.165) is 0 Å². The van der Waals surface area contributed by atoms with Gasteiger partial charge in [0, 0.05) is 18.2 Å². The van der Waals surface area contributed by atoms with Crippen molar-refractivity contribution in [1.29, 1.82) is 0 Å². The minimum Gasteiger partial charge on any atom is -0.483 e. The SMILES string of the molecule is CC(C)(C)NCC(O)COc1c(Br)cccc1[N+](=O)[O-]. The van der Waals surface area contributed by atoms with E-state index in [-0.39, 0.29) is 23.6 Å². The molecule has 0 aliphatic heterocycles. The third-order valence-corrected chi connectivity index (χ3v) is 3.06. The fraction of sp³-hybridized carbons (Fsp3) is 0.538. The highest BCUT2D eigenvalue weighted by atomic mass is 79.9. The summed E-state index contributed by atoms with van der Waals surface area (Å²) >= 11 is 3.21. The van der Waals surface area contributed by atoms with Crippen molar-refractivity contribution in [2.24, 2.45) is 0 Å². The number of benzene rings is 1. The Labute approximate surface area is 126 Å². The second-order valence-electron chi connectivity index (χ2n) is 5.44. The molecular formula is C13H19BrN2O4. The summed E-state index contributed by atoms with van der Waals surface area (Å²) in [5, 5.41) is 23.9. The Balaban J connectivity index is 2.64. The zero-order chi connectivity index (χ0) is 15.3. The third-order valence-electron chi connectivity index (χ3n) is 2.43. The van der Waals surface area contributed by atoms with E-state index in [9.17, 15) is 15.2 Å². The van der Waals surface area contributed by atoms with Crippen molar-refractivity contribution in [3.63, 3.8) is 0 Å². The van der Waals surface area contributed by atoms with Gasteiger partial charge in [0.2, 0.25) is 5.75 Å². The fourth-order valence-electron chi connectivity index (χ4n) is 1.45. The van der Waals surface area contributed by atoms with Gasteiger partial charge in [-0.2, -0.15) is 0 Å². The summed E-state index contributed by atoms with van der Waals surface area (Å²) in [7, 11) is 0. The van der Waals surface area contributed by atoms with Gasteiger partial charge in [0.25, 0.3) is 0 Å². The molecular weight excluding hydrogens is 328 g/mol. The summed E-state index contributed by atoms with van der Waals surface area (Å²) in [6.07, 6.45) is -0.749. The monoisotopic (exact) mass is 346 g/mol. The Hall–Kier alpha value is -1.18. The van der Waals surface area contributed by atoms with Crippen molar-refractivity contribution < 1.29 is 14.8 Å². The molecule has 2 N–H and O–H groups in total. The third kappa shape index (κ3) is 5.44. The van der Waals surface area contributed by atoms with Gasteiger partial charge in [0.1, 0.15) is 12.7 Å². The van der Waals surface area contributed by atoms with E-state index in [1.54, 1.807) is 12.1 Å².